The predicted molar refractivity (Wildman–Crippen MR) is 67.1 cm³/mol. The molecule has 0 amide bonds. The Hall–Kier alpha value is -0.0800. The van der Waals surface area contributed by atoms with Crippen molar-refractivity contribution in [2.75, 3.05) is 26.7 Å². The lowest BCUT2D eigenvalue weighted by molar-refractivity contribution is 0.0783. The van der Waals surface area contributed by atoms with E-state index in [1.807, 2.05) is 0 Å². The minimum absolute atomic E-state index is 0.421. The van der Waals surface area contributed by atoms with E-state index in [4.69, 9.17) is 0 Å². The van der Waals surface area contributed by atoms with Crippen molar-refractivity contribution in [3.63, 3.8) is 0 Å². The van der Waals surface area contributed by atoms with Crippen LogP contribution in [0.15, 0.2) is 0 Å². The van der Waals surface area contributed by atoms with Crippen LogP contribution >= 0.6 is 0 Å². The molecule has 0 aliphatic carbocycles. The maximum atomic E-state index is 3.45. The van der Waals surface area contributed by atoms with Crippen LogP contribution in [0.25, 0.3) is 0 Å². The first-order valence-corrected chi connectivity index (χ1v) is 6.35. The molecule has 0 aromatic heterocycles. The van der Waals surface area contributed by atoms with E-state index in [2.05, 4.69) is 45.0 Å². The summed E-state index contributed by atoms with van der Waals surface area (Å²) in [4.78, 5) is 2.63. The maximum Gasteiger partial charge on any atom is 0.0140 e. The molecule has 1 heterocycles. The largest absolute Gasteiger partial charge is 0.316 e. The quantitative estimate of drug-likeness (QED) is 0.769. The van der Waals surface area contributed by atoms with E-state index < -0.39 is 0 Å². The lowest BCUT2D eigenvalue weighted by atomic mass is 9.79. The summed E-state index contributed by atoms with van der Waals surface area (Å²) in [6.45, 7) is 13.2. The number of piperidine rings is 1. The van der Waals surface area contributed by atoms with Gasteiger partial charge >= 0.3 is 0 Å². The number of hydrogen-bond acceptors (Lipinski definition) is 2. The Labute approximate surface area is 95.4 Å². The van der Waals surface area contributed by atoms with Gasteiger partial charge in [0.2, 0.25) is 0 Å². The average molecular weight is 212 g/mol. The molecule has 1 fully saturated rings. The number of likely N-dealkylation sites (tertiary alicyclic amines) is 1. The van der Waals surface area contributed by atoms with Gasteiger partial charge in [-0.05, 0) is 44.3 Å². The van der Waals surface area contributed by atoms with E-state index in [0.717, 1.165) is 5.92 Å². The van der Waals surface area contributed by atoms with Gasteiger partial charge < -0.3 is 10.2 Å². The van der Waals surface area contributed by atoms with Crippen LogP contribution in [0.4, 0.5) is 0 Å². The van der Waals surface area contributed by atoms with E-state index in [9.17, 15) is 0 Å². The van der Waals surface area contributed by atoms with E-state index in [0.29, 0.717) is 11.5 Å². The van der Waals surface area contributed by atoms with Crippen LogP contribution in [0, 0.1) is 11.3 Å². The third-order valence-corrected chi connectivity index (χ3v) is 3.68. The fourth-order valence-corrected chi connectivity index (χ4v) is 2.63. The fourth-order valence-electron chi connectivity index (χ4n) is 2.63. The van der Waals surface area contributed by atoms with Crippen molar-refractivity contribution >= 4 is 0 Å². The number of nitrogens with zero attached hydrogens (tertiary/aromatic N) is 1. The molecular formula is C13H28N2. The Morgan fingerprint density at radius 1 is 1.40 bits per heavy atom. The molecule has 0 spiro atoms. The number of nitrogens with one attached hydrogen (secondary N) is 1. The van der Waals surface area contributed by atoms with Gasteiger partial charge in [0.1, 0.15) is 0 Å². The van der Waals surface area contributed by atoms with Crippen LogP contribution in [0.3, 0.4) is 0 Å². The molecule has 0 aromatic carbocycles. The number of rotatable bonds is 4. The minimum atomic E-state index is 0.421. The SMILES string of the molecule is CNC1CCN(CCC(C)C)CC1(C)C. The summed E-state index contributed by atoms with van der Waals surface area (Å²) in [6, 6.07) is 0.688. The molecule has 90 valence electrons. The predicted octanol–water partition coefficient (Wildman–Crippen LogP) is 2.35. The molecule has 2 heteroatoms. The van der Waals surface area contributed by atoms with Crippen molar-refractivity contribution in [2.24, 2.45) is 11.3 Å². The van der Waals surface area contributed by atoms with E-state index in [1.54, 1.807) is 0 Å². The van der Waals surface area contributed by atoms with Crippen LogP contribution in [-0.4, -0.2) is 37.6 Å². The average Bonchev–Trinajstić information content (AvgIpc) is 2.13. The Morgan fingerprint density at radius 2 is 2.07 bits per heavy atom. The first-order valence-electron chi connectivity index (χ1n) is 6.35. The summed E-state index contributed by atoms with van der Waals surface area (Å²) in [5.41, 5.74) is 0.421. The molecule has 1 N–H and O–H groups in total. The lowest BCUT2D eigenvalue weighted by Gasteiger charge is -2.44. The molecule has 15 heavy (non-hydrogen) atoms. The number of hydrogen-bond donors (Lipinski definition) is 1. The fraction of sp³-hybridized carbons (Fsp3) is 1.00. The summed E-state index contributed by atoms with van der Waals surface area (Å²) in [7, 11) is 2.09. The molecule has 1 saturated heterocycles. The second-order valence-corrected chi connectivity index (χ2v) is 6.08. The summed E-state index contributed by atoms with van der Waals surface area (Å²) in [6.07, 6.45) is 2.63. The topological polar surface area (TPSA) is 15.3 Å². The van der Waals surface area contributed by atoms with Gasteiger partial charge in [0.05, 0.1) is 0 Å². The molecule has 0 radical (unpaired) electrons. The highest BCUT2D eigenvalue weighted by Gasteiger charge is 2.34. The highest BCUT2D eigenvalue weighted by atomic mass is 15.2. The van der Waals surface area contributed by atoms with Crippen LogP contribution in [0.5, 0.6) is 0 Å². The van der Waals surface area contributed by atoms with Gasteiger partial charge in [-0.25, -0.2) is 0 Å². The van der Waals surface area contributed by atoms with Gasteiger partial charge in [-0.3, -0.25) is 0 Å². The Bertz CT molecular complexity index is 187. The van der Waals surface area contributed by atoms with E-state index in [1.165, 1.54) is 32.5 Å². The standard InChI is InChI=1S/C13H28N2/c1-11(2)6-8-15-9-7-12(14-5)13(3,4)10-15/h11-12,14H,6-10H2,1-5H3. The molecule has 0 saturated carbocycles. The Balaban J connectivity index is 2.40. The maximum absolute atomic E-state index is 3.45. The van der Waals surface area contributed by atoms with Gasteiger partial charge in [0.15, 0.2) is 0 Å². The first kappa shape index (κ1) is 13.0. The second kappa shape index (κ2) is 5.31. The van der Waals surface area contributed by atoms with Crippen LogP contribution in [0.2, 0.25) is 0 Å². The van der Waals surface area contributed by atoms with Crippen molar-refractivity contribution in [1.29, 1.82) is 0 Å². The normalized spacial score (nSPS) is 27.2. The summed E-state index contributed by atoms with van der Waals surface area (Å²) in [5, 5.41) is 3.45. The zero-order chi connectivity index (χ0) is 11.5. The monoisotopic (exact) mass is 212 g/mol. The van der Waals surface area contributed by atoms with Gasteiger partial charge in [0, 0.05) is 12.6 Å². The zero-order valence-corrected chi connectivity index (χ0v) is 11.1. The smallest absolute Gasteiger partial charge is 0.0140 e. The first-order chi connectivity index (χ1) is 6.95. The second-order valence-electron chi connectivity index (χ2n) is 6.08. The summed E-state index contributed by atoms with van der Waals surface area (Å²) in [5.74, 6) is 0.829. The molecule has 1 aliphatic heterocycles. The van der Waals surface area contributed by atoms with Crippen LogP contribution < -0.4 is 5.32 Å². The summed E-state index contributed by atoms with van der Waals surface area (Å²) >= 11 is 0. The van der Waals surface area contributed by atoms with Gasteiger partial charge in [0.25, 0.3) is 0 Å². The molecule has 2 nitrogen and oxygen atoms in total. The van der Waals surface area contributed by atoms with Crippen molar-refractivity contribution in [1.82, 2.24) is 10.2 Å². The van der Waals surface area contributed by atoms with E-state index in [-0.39, 0.29) is 0 Å². The molecule has 1 unspecified atom stereocenters. The minimum Gasteiger partial charge on any atom is -0.316 e. The third kappa shape index (κ3) is 3.76. The van der Waals surface area contributed by atoms with Gasteiger partial charge in [-0.1, -0.05) is 27.7 Å². The summed E-state index contributed by atoms with van der Waals surface area (Å²) < 4.78 is 0. The molecule has 0 aromatic rings. The van der Waals surface area contributed by atoms with Gasteiger partial charge in [-0.2, -0.15) is 0 Å². The van der Waals surface area contributed by atoms with Crippen molar-refractivity contribution < 1.29 is 0 Å². The van der Waals surface area contributed by atoms with Crippen molar-refractivity contribution in [3.8, 4) is 0 Å². The molecular weight excluding hydrogens is 184 g/mol. The molecule has 1 aliphatic rings. The van der Waals surface area contributed by atoms with Crippen molar-refractivity contribution in [3.05, 3.63) is 0 Å². The molecule has 0 bridgehead atoms. The molecule has 1 rings (SSSR count). The highest BCUT2D eigenvalue weighted by Crippen LogP contribution is 2.29. The van der Waals surface area contributed by atoms with Crippen LogP contribution in [0.1, 0.15) is 40.5 Å². The van der Waals surface area contributed by atoms with Gasteiger partial charge in [-0.15, -0.1) is 0 Å². The Morgan fingerprint density at radius 3 is 2.53 bits per heavy atom. The zero-order valence-electron chi connectivity index (χ0n) is 11.1. The lowest BCUT2D eigenvalue weighted by Crippen LogP contribution is -2.53. The van der Waals surface area contributed by atoms with Crippen LogP contribution in [-0.2, 0) is 0 Å². The Kier molecular flexibility index (Phi) is 4.60. The van der Waals surface area contributed by atoms with E-state index >= 15 is 0 Å². The van der Waals surface area contributed by atoms with Crippen molar-refractivity contribution in [2.45, 2.75) is 46.6 Å². The highest BCUT2D eigenvalue weighted by molar-refractivity contribution is 4.90. The third-order valence-electron chi connectivity index (χ3n) is 3.68. The molecule has 1 atom stereocenters.